The van der Waals surface area contributed by atoms with Crippen LogP contribution in [-0.4, -0.2) is 38.7 Å². The number of ether oxygens (including phenoxy) is 1. The van der Waals surface area contributed by atoms with Crippen molar-refractivity contribution in [2.24, 2.45) is 0 Å². The van der Waals surface area contributed by atoms with Crippen LogP contribution in [0.3, 0.4) is 0 Å². The van der Waals surface area contributed by atoms with Gasteiger partial charge < -0.3 is 15.0 Å². The highest BCUT2D eigenvalue weighted by molar-refractivity contribution is 7.99. The molecule has 10 heteroatoms. The van der Waals surface area contributed by atoms with Crippen LogP contribution in [-0.2, 0) is 16.0 Å². The van der Waals surface area contributed by atoms with E-state index in [1.165, 1.54) is 0 Å². The lowest BCUT2D eigenvalue weighted by molar-refractivity contribution is -0.113. The third-order valence-corrected chi connectivity index (χ3v) is 6.26. The zero-order chi connectivity index (χ0) is 23.3. The molecule has 2 heterocycles. The van der Waals surface area contributed by atoms with Crippen LogP contribution in [0.2, 0.25) is 0 Å². The molecule has 1 amide bonds. The monoisotopic (exact) mass is 472 g/mol. The highest BCUT2D eigenvalue weighted by Gasteiger charge is 2.19. The highest BCUT2D eigenvalue weighted by atomic mass is 32.2. The average molecular weight is 473 g/mol. The van der Waals surface area contributed by atoms with Gasteiger partial charge in [-0.05, 0) is 33.3 Å². The number of aryl methyl sites for hydroxylation is 2. The molecule has 168 valence electrons. The fourth-order valence-corrected chi connectivity index (χ4v) is 4.43. The molecule has 0 bridgehead atoms. The summed E-state index contributed by atoms with van der Waals surface area (Å²) in [6.45, 7) is 7.00. The van der Waals surface area contributed by atoms with Gasteiger partial charge in [0.1, 0.15) is 4.88 Å². The predicted molar refractivity (Wildman–Crippen MR) is 126 cm³/mol. The second-order valence-corrected chi connectivity index (χ2v) is 9.29. The van der Waals surface area contributed by atoms with E-state index in [9.17, 15) is 14.4 Å². The molecule has 0 aliphatic rings. The summed E-state index contributed by atoms with van der Waals surface area (Å²) in [5, 5.41) is 3.37. The summed E-state index contributed by atoms with van der Waals surface area (Å²) in [5.41, 5.74) is 2.54. The van der Waals surface area contributed by atoms with Gasteiger partial charge in [-0.2, -0.15) is 0 Å². The lowest BCUT2D eigenvalue weighted by atomic mass is 10.1. The van der Waals surface area contributed by atoms with Gasteiger partial charge in [-0.1, -0.05) is 53.4 Å². The molecule has 0 unspecified atom stereocenters. The summed E-state index contributed by atoms with van der Waals surface area (Å²) in [6.07, 6.45) is 0.251. The van der Waals surface area contributed by atoms with Gasteiger partial charge >= 0.3 is 5.97 Å². The number of hydrogen-bond acceptors (Lipinski definition) is 8. The summed E-state index contributed by atoms with van der Waals surface area (Å²) in [7, 11) is 0. The molecule has 0 aliphatic carbocycles. The number of amides is 1. The quantitative estimate of drug-likeness (QED) is 0.292. The second kappa shape index (κ2) is 10.6. The number of hydrogen-bond donors (Lipinski definition) is 2. The summed E-state index contributed by atoms with van der Waals surface area (Å²) >= 11 is 2.19. The number of esters is 1. The number of H-pyrrole nitrogens is 1. The van der Waals surface area contributed by atoms with Crippen LogP contribution in [0.15, 0.2) is 40.3 Å². The first-order valence-electron chi connectivity index (χ1n) is 9.97. The summed E-state index contributed by atoms with van der Waals surface area (Å²) in [5.74, 6) is -0.746. The molecule has 2 N–H and O–H groups in total. The Morgan fingerprint density at radius 1 is 1.16 bits per heavy atom. The number of carbonyl (C=O) groups excluding carboxylic acids is 2. The number of anilines is 1. The van der Waals surface area contributed by atoms with Crippen molar-refractivity contribution >= 4 is 40.1 Å². The van der Waals surface area contributed by atoms with Gasteiger partial charge in [-0.25, -0.2) is 14.8 Å². The number of aromatic amines is 1. The molecule has 0 saturated carbocycles. The number of thioether (sulfide) groups is 1. The lowest BCUT2D eigenvalue weighted by Crippen LogP contribution is -2.19. The Morgan fingerprint density at radius 2 is 1.88 bits per heavy atom. The van der Waals surface area contributed by atoms with Gasteiger partial charge in [0.2, 0.25) is 5.91 Å². The minimum absolute atomic E-state index is 0.0326. The number of benzene rings is 1. The van der Waals surface area contributed by atoms with E-state index in [0.717, 1.165) is 28.7 Å². The largest absolute Gasteiger partial charge is 0.459 e. The number of nitrogens with zero attached hydrogens (tertiary/aromatic N) is 2. The molecule has 1 aromatic carbocycles. The van der Waals surface area contributed by atoms with Gasteiger partial charge in [0.15, 0.2) is 10.3 Å². The molecule has 0 saturated heterocycles. The van der Waals surface area contributed by atoms with Crippen molar-refractivity contribution in [2.75, 3.05) is 11.1 Å². The standard InChI is InChI=1S/C22H24N4O4S2/c1-12(2)30-20(29)18-14(4)24-22(32-18)25-17(27)11-31-21-23-13(3)16(19(28)26-21)10-15-8-6-5-7-9-15/h5-9,12H,10-11H2,1-4H3,(H,23,26,28)(H,24,25,27). The topological polar surface area (TPSA) is 114 Å². The number of aromatic nitrogens is 3. The maximum Gasteiger partial charge on any atom is 0.350 e. The number of carbonyl (C=O) groups is 2. The first kappa shape index (κ1) is 23.7. The molecule has 2 aromatic heterocycles. The SMILES string of the molecule is Cc1nc(NC(=O)CSc2nc(C)c(Cc3ccccc3)c(=O)[nH]2)sc1C(=O)OC(C)C. The first-order valence-corrected chi connectivity index (χ1v) is 11.8. The lowest BCUT2D eigenvalue weighted by Gasteiger charge is -2.07. The molecule has 0 atom stereocenters. The Kier molecular flexibility index (Phi) is 7.81. The molecular weight excluding hydrogens is 448 g/mol. The molecule has 8 nitrogen and oxygen atoms in total. The molecule has 32 heavy (non-hydrogen) atoms. The van der Waals surface area contributed by atoms with Crippen LogP contribution in [0.1, 0.15) is 46.0 Å². The van der Waals surface area contributed by atoms with E-state index in [1.54, 1.807) is 27.7 Å². The van der Waals surface area contributed by atoms with Crippen molar-refractivity contribution in [1.29, 1.82) is 0 Å². The van der Waals surface area contributed by atoms with E-state index in [-0.39, 0.29) is 23.3 Å². The fourth-order valence-electron chi connectivity index (χ4n) is 2.86. The number of rotatable bonds is 8. The molecular formula is C22H24N4O4S2. The maximum absolute atomic E-state index is 12.5. The van der Waals surface area contributed by atoms with Crippen molar-refractivity contribution in [1.82, 2.24) is 15.0 Å². The zero-order valence-electron chi connectivity index (χ0n) is 18.2. The van der Waals surface area contributed by atoms with Gasteiger partial charge in [0.05, 0.1) is 17.6 Å². The smallest absolute Gasteiger partial charge is 0.350 e. The van der Waals surface area contributed by atoms with Gasteiger partial charge in [0, 0.05) is 17.7 Å². The van der Waals surface area contributed by atoms with Crippen molar-refractivity contribution in [3.8, 4) is 0 Å². The summed E-state index contributed by atoms with van der Waals surface area (Å²) < 4.78 is 5.18. The van der Waals surface area contributed by atoms with Crippen molar-refractivity contribution in [3.63, 3.8) is 0 Å². The van der Waals surface area contributed by atoms with E-state index in [2.05, 4.69) is 20.3 Å². The van der Waals surface area contributed by atoms with Crippen LogP contribution in [0.25, 0.3) is 0 Å². The molecule has 0 radical (unpaired) electrons. The molecule has 3 rings (SSSR count). The van der Waals surface area contributed by atoms with Crippen molar-refractivity contribution in [2.45, 2.75) is 45.4 Å². The maximum atomic E-state index is 12.5. The third kappa shape index (κ3) is 6.27. The summed E-state index contributed by atoms with van der Waals surface area (Å²) in [6, 6.07) is 9.69. The molecule has 0 aliphatic heterocycles. The first-order chi connectivity index (χ1) is 15.2. The van der Waals surface area contributed by atoms with E-state index in [1.807, 2.05) is 30.3 Å². The Hall–Kier alpha value is -2.98. The van der Waals surface area contributed by atoms with Crippen LogP contribution in [0.5, 0.6) is 0 Å². The molecule has 0 fully saturated rings. The van der Waals surface area contributed by atoms with Crippen LogP contribution < -0.4 is 10.9 Å². The second-order valence-electron chi connectivity index (χ2n) is 7.32. The van der Waals surface area contributed by atoms with Crippen molar-refractivity contribution in [3.05, 3.63) is 68.1 Å². The Labute approximate surface area is 193 Å². The average Bonchev–Trinajstić information content (AvgIpc) is 3.09. The molecule has 3 aromatic rings. The highest BCUT2D eigenvalue weighted by Crippen LogP contribution is 2.24. The van der Waals surface area contributed by atoms with E-state index in [4.69, 9.17) is 4.74 Å². The molecule has 0 spiro atoms. The Balaban J connectivity index is 1.60. The number of thiazole rings is 1. The van der Waals surface area contributed by atoms with Gasteiger partial charge in [-0.3, -0.25) is 9.59 Å². The normalized spacial score (nSPS) is 10.9. The van der Waals surface area contributed by atoms with Crippen LogP contribution in [0.4, 0.5) is 5.13 Å². The Morgan fingerprint density at radius 3 is 2.53 bits per heavy atom. The minimum atomic E-state index is -0.460. The number of nitrogens with one attached hydrogen (secondary N) is 2. The minimum Gasteiger partial charge on any atom is -0.459 e. The zero-order valence-corrected chi connectivity index (χ0v) is 19.9. The fraction of sp³-hybridized carbons (Fsp3) is 0.318. The van der Waals surface area contributed by atoms with Crippen molar-refractivity contribution < 1.29 is 14.3 Å². The van der Waals surface area contributed by atoms with Crippen LogP contribution in [0, 0.1) is 13.8 Å². The third-order valence-electron chi connectivity index (χ3n) is 4.34. The van der Waals surface area contributed by atoms with Gasteiger partial charge in [-0.15, -0.1) is 0 Å². The van der Waals surface area contributed by atoms with E-state index >= 15 is 0 Å². The summed E-state index contributed by atoms with van der Waals surface area (Å²) in [4.78, 5) is 48.7. The van der Waals surface area contributed by atoms with E-state index in [0.29, 0.717) is 38.5 Å². The van der Waals surface area contributed by atoms with E-state index < -0.39 is 5.97 Å². The predicted octanol–water partition coefficient (Wildman–Crippen LogP) is 3.73. The Bertz CT molecular complexity index is 1170. The van der Waals surface area contributed by atoms with Gasteiger partial charge in [0.25, 0.3) is 5.56 Å². The van der Waals surface area contributed by atoms with Crippen LogP contribution >= 0.6 is 23.1 Å².